The summed E-state index contributed by atoms with van der Waals surface area (Å²) in [5, 5.41) is 4.33. The summed E-state index contributed by atoms with van der Waals surface area (Å²) >= 11 is 6.01. The summed E-state index contributed by atoms with van der Waals surface area (Å²) in [7, 11) is 0. The van der Waals surface area contributed by atoms with Crippen LogP contribution in [0.15, 0.2) is 24.3 Å². The molecule has 1 aromatic carbocycles. The third kappa shape index (κ3) is 3.92. The van der Waals surface area contributed by atoms with E-state index in [9.17, 15) is 0 Å². The number of likely N-dealkylation sites (N-methyl/N-ethyl adjacent to an activating group) is 1. The van der Waals surface area contributed by atoms with Gasteiger partial charge in [0.2, 0.25) is 0 Å². The maximum atomic E-state index is 6.01. The molecule has 4 atom stereocenters. The number of rotatable bonds is 7. The highest BCUT2D eigenvalue weighted by Crippen LogP contribution is 2.49. The van der Waals surface area contributed by atoms with Crippen LogP contribution in [0.5, 0.6) is 5.75 Å². The van der Waals surface area contributed by atoms with E-state index in [-0.39, 0.29) is 0 Å². The first kappa shape index (κ1) is 15.2. The quantitative estimate of drug-likeness (QED) is 0.799. The van der Waals surface area contributed by atoms with Crippen LogP contribution in [0, 0.1) is 17.8 Å². The van der Waals surface area contributed by atoms with Crippen molar-refractivity contribution >= 4 is 11.6 Å². The predicted molar refractivity (Wildman–Crippen MR) is 88.0 cm³/mol. The van der Waals surface area contributed by atoms with Gasteiger partial charge in [-0.25, -0.2) is 0 Å². The Morgan fingerprint density at radius 1 is 1.33 bits per heavy atom. The van der Waals surface area contributed by atoms with Gasteiger partial charge in [-0.15, -0.1) is 0 Å². The average molecular weight is 308 g/mol. The van der Waals surface area contributed by atoms with E-state index in [1.54, 1.807) is 0 Å². The molecule has 21 heavy (non-hydrogen) atoms. The van der Waals surface area contributed by atoms with Crippen molar-refractivity contribution in [3.63, 3.8) is 0 Å². The van der Waals surface area contributed by atoms with E-state index in [0.717, 1.165) is 41.7 Å². The van der Waals surface area contributed by atoms with Crippen molar-refractivity contribution in [3.8, 4) is 5.75 Å². The van der Waals surface area contributed by atoms with Gasteiger partial charge in [0, 0.05) is 11.1 Å². The molecule has 3 rings (SSSR count). The minimum Gasteiger partial charge on any atom is -0.492 e. The fourth-order valence-electron chi connectivity index (χ4n) is 4.28. The first-order valence-corrected chi connectivity index (χ1v) is 8.74. The molecule has 0 radical (unpaired) electrons. The lowest BCUT2D eigenvalue weighted by Crippen LogP contribution is -2.37. The fourth-order valence-corrected chi connectivity index (χ4v) is 4.46. The molecule has 4 unspecified atom stereocenters. The van der Waals surface area contributed by atoms with Gasteiger partial charge in [0.25, 0.3) is 0 Å². The van der Waals surface area contributed by atoms with Crippen molar-refractivity contribution in [2.75, 3.05) is 13.2 Å². The van der Waals surface area contributed by atoms with E-state index >= 15 is 0 Å². The number of ether oxygens (including phenoxy) is 1. The molecule has 116 valence electrons. The molecular formula is C18H26ClNO. The van der Waals surface area contributed by atoms with E-state index in [1.165, 1.54) is 32.1 Å². The third-order valence-corrected chi connectivity index (χ3v) is 5.45. The second-order valence-corrected chi connectivity index (χ2v) is 7.13. The normalized spacial score (nSPS) is 28.8. The highest BCUT2D eigenvalue weighted by molar-refractivity contribution is 6.30. The van der Waals surface area contributed by atoms with Crippen LogP contribution in [0.1, 0.15) is 39.0 Å². The number of nitrogens with one attached hydrogen (secondary N) is 1. The van der Waals surface area contributed by atoms with Gasteiger partial charge in [-0.3, -0.25) is 0 Å². The van der Waals surface area contributed by atoms with E-state index in [0.29, 0.717) is 6.04 Å². The molecule has 2 aliphatic carbocycles. The number of benzene rings is 1. The van der Waals surface area contributed by atoms with E-state index in [2.05, 4.69) is 12.2 Å². The minimum atomic E-state index is 0.457. The first-order chi connectivity index (χ1) is 10.2. The molecule has 0 saturated heterocycles. The first-order valence-electron chi connectivity index (χ1n) is 8.36. The van der Waals surface area contributed by atoms with E-state index < -0.39 is 0 Å². The number of hydrogen-bond donors (Lipinski definition) is 1. The van der Waals surface area contributed by atoms with Crippen LogP contribution in [-0.4, -0.2) is 19.2 Å². The molecule has 2 saturated carbocycles. The van der Waals surface area contributed by atoms with Crippen molar-refractivity contribution in [3.05, 3.63) is 29.3 Å². The summed E-state index contributed by atoms with van der Waals surface area (Å²) in [4.78, 5) is 0. The van der Waals surface area contributed by atoms with Gasteiger partial charge < -0.3 is 10.1 Å². The molecule has 2 bridgehead atoms. The lowest BCUT2D eigenvalue weighted by molar-refractivity contribution is 0.213. The van der Waals surface area contributed by atoms with Crippen LogP contribution in [0.3, 0.4) is 0 Å². The van der Waals surface area contributed by atoms with Crippen LogP contribution < -0.4 is 10.1 Å². The SMILES string of the molecule is CCNC(COc1cccc(Cl)c1)CC1CC2CCC1C2. The Labute approximate surface area is 133 Å². The molecule has 0 amide bonds. The molecule has 2 nitrogen and oxygen atoms in total. The number of halogens is 1. The van der Waals surface area contributed by atoms with Crippen LogP contribution in [0.4, 0.5) is 0 Å². The van der Waals surface area contributed by atoms with Gasteiger partial charge in [0.15, 0.2) is 0 Å². The zero-order valence-corrected chi connectivity index (χ0v) is 13.6. The van der Waals surface area contributed by atoms with Crippen molar-refractivity contribution < 1.29 is 4.74 Å². The summed E-state index contributed by atoms with van der Waals surface area (Å²) in [5.74, 6) is 3.80. The van der Waals surface area contributed by atoms with Gasteiger partial charge in [-0.1, -0.05) is 31.0 Å². The summed E-state index contributed by atoms with van der Waals surface area (Å²) in [6.07, 6.45) is 7.13. The number of hydrogen-bond acceptors (Lipinski definition) is 2. The molecule has 0 aromatic heterocycles. The smallest absolute Gasteiger partial charge is 0.120 e. The minimum absolute atomic E-state index is 0.457. The standard InChI is InChI=1S/C18H26ClNO/c1-2-20-17(10-15-9-13-6-7-14(15)8-13)12-21-18-5-3-4-16(19)11-18/h3-5,11,13-15,17,20H,2,6-10,12H2,1H3. The predicted octanol–water partition coefficient (Wildman–Crippen LogP) is 4.52. The van der Waals surface area contributed by atoms with Gasteiger partial charge in [0.1, 0.15) is 12.4 Å². The average Bonchev–Trinajstić information content (AvgIpc) is 3.08. The second kappa shape index (κ2) is 7.02. The topological polar surface area (TPSA) is 21.3 Å². The summed E-state index contributed by atoms with van der Waals surface area (Å²) < 4.78 is 5.94. The lowest BCUT2D eigenvalue weighted by Gasteiger charge is -2.27. The summed E-state index contributed by atoms with van der Waals surface area (Å²) in [6, 6.07) is 8.15. The van der Waals surface area contributed by atoms with Gasteiger partial charge in [-0.2, -0.15) is 0 Å². The maximum absolute atomic E-state index is 6.01. The molecule has 2 fully saturated rings. The summed E-state index contributed by atoms with van der Waals surface area (Å²) in [6.45, 7) is 3.92. The zero-order valence-electron chi connectivity index (χ0n) is 12.9. The fraction of sp³-hybridized carbons (Fsp3) is 0.667. The molecule has 2 aliphatic rings. The molecule has 1 N–H and O–H groups in total. The number of fused-ring (bicyclic) bond motifs is 2. The Balaban J connectivity index is 1.52. The maximum Gasteiger partial charge on any atom is 0.120 e. The molecule has 0 heterocycles. The molecule has 1 aromatic rings. The Morgan fingerprint density at radius 3 is 2.90 bits per heavy atom. The molecular weight excluding hydrogens is 282 g/mol. The second-order valence-electron chi connectivity index (χ2n) is 6.69. The Hall–Kier alpha value is -0.730. The van der Waals surface area contributed by atoms with Crippen molar-refractivity contribution in [2.45, 2.75) is 45.1 Å². The third-order valence-electron chi connectivity index (χ3n) is 5.21. The van der Waals surface area contributed by atoms with Crippen molar-refractivity contribution in [2.24, 2.45) is 17.8 Å². The Bertz CT molecular complexity index is 464. The highest BCUT2D eigenvalue weighted by atomic mass is 35.5. The van der Waals surface area contributed by atoms with Gasteiger partial charge in [-0.05, 0) is 68.2 Å². The monoisotopic (exact) mass is 307 g/mol. The molecule has 0 aliphatic heterocycles. The molecule has 3 heteroatoms. The zero-order chi connectivity index (χ0) is 14.7. The van der Waals surface area contributed by atoms with Crippen LogP contribution in [-0.2, 0) is 0 Å². The Kier molecular flexibility index (Phi) is 5.07. The summed E-state index contributed by atoms with van der Waals surface area (Å²) in [5.41, 5.74) is 0. The largest absolute Gasteiger partial charge is 0.492 e. The molecule has 0 spiro atoms. The van der Waals surface area contributed by atoms with Gasteiger partial charge >= 0.3 is 0 Å². The van der Waals surface area contributed by atoms with E-state index in [4.69, 9.17) is 16.3 Å². The van der Waals surface area contributed by atoms with Crippen LogP contribution in [0.2, 0.25) is 5.02 Å². The van der Waals surface area contributed by atoms with Crippen molar-refractivity contribution in [1.29, 1.82) is 0 Å². The Morgan fingerprint density at radius 2 is 2.24 bits per heavy atom. The van der Waals surface area contributed by atoms with Gasteiger partial charge in [0.05, 0.1) is 0 Å². The van der Waals surface area contributed by atoms with E-state index in [1.807, 2.05) is 24.3 Å². The van der Waals surface area contributed by atoms with Crippen LogP contribution >= 0.6 is 11.6 Å². The van der Waals surface area contributed by atoms with Crippen LogP contribution in [0.25, 0.3) is 0 Å². The lowest BCUT2D eigenvalue weighted by atomic mass is 9.84. The highest BCUT2D eigenvalue weighted by Gasteiger charge is 2.40. The van der Waals surface area contributed by atoms with Crippen molar-refractivity contribution in [1.82, 2.24) is 5.32 Å².